The van der Waals surface area contributed by atoms with Crippen LogP contribution in [-0.2, 0) is 4.79 Å². The van der Waals surface area contributed by atoms with Crippen LogP contribution in [0.4, 0.5) is 0 Å². The van der Waals surface area contributed by atoms with Crippen molar-refractivity contribution in [2.45, 2.75) is 39.2 Å². The summed E-state index contributed by atoms with van der Waals surface area (Å²) in [4.78, 5) is 13.9. The molecule has 0 spiro atoms. The second-order valence-electron chi connectivity index (χ2n) is 5.52. The summed E-state index contributed by atoms with van der Waals surface area (Å²) in [6.07, 6.45) is 2.89. The number of ether oxygens (including phenoxy) is 1. The van der Waals surface area contributed by atoms with Gasteiger partial charge in [0.25, 0.3) is 0 Å². The molecule has 116 valence electrons. The second-order valence-corrected chi connectivity index (χ2v) is 5.52. The summed E-state index contributed by atoms with van der Waals surface area (Å²) < 4.78 is 5.44. The van der Waals surface area contributed by atoms with Gasteiger partial charge >= 0.3 is 0 Å². The average molecular weight is 290 g/mol. The summed E-state index contributed by atoms with van der Waals surface area (Å²) in [7, 11) is 0. The number of hydrogen-bond donors (Lipinski definition) is 1. The van der Waals surface area contributed by atoms with E-state index in [2.05, 4.69) is 24.4 Å². The van der Waals surface area contributed by atoms with Gasteiger partial charge in [-0.15, -0.1) is 0 Å². The minimum Gasteiger partial charge on any atom is -0.494 e. The molecule has 2 rings (SSSR count). The minimum atomic E-state index is 0.243. The number of amides is 1. The maximum absolute atomic E-state index is 11.9. The number of likely N-dealkylation sites (tertiary alicyclic amines) is 1. The predicted octanol–water partition coefficient (Wildman–Crippen LogP) is 2.75. The van der Waals surface area contributed by atoms with Crippen LogP contribution in [0.25, 0.3) is 0 Å². The van der Waals surface area contributed by atoms with Crippen molar-refractivity contribution in [3.63, 3.8) is 0 Å². The Morgan fingerprint density at radius 3 is 2.57 bits per heavy atom. The molecule has 1 unspecified atom stereocenters. The van der Waals surface area contributed by atoms with Gasteiger partial charge in [0.15, 0.2) is 0 Å². The quantitative estimate of drug-likeness (QED) is 0.839. The van der Waals surface area contributed by atoms with Crippen LogP contribution >= 0.6 is 0 Å². The molecule has 21 heavy (non-hydrogen) atoms. The third-order valence-corrected chi connectivity index (χ3v) is 3.94. The maximum atomic E-state index is 11.9. The Kier molecular flexibility index (Phi) is 6.05. The number of benzene rings is 1. The van der Waals surface area contributed by atoms with Gasteiger partial charge in [-0.1, -0.05) is 12.1 Å². The van der Waals surface area contributed by atoms with Gasteiger partial charge in [-0.25, -0.2) is 0 Å². The third-order valence-electron chi connectivity index (χ3n) is 3.94. The van der Waals surface area contributed by atoms with Crippen LogP contribution in [0.5, 0.6) is 5.75 Å². The van der Waals surface area contributed by atoms with E-state index >= 15 is 0 Å². The van der Waals surface area contributed by atoms with Crippen molar-refractivity contribution in [1.82, 2.24) is 10.2 Å². The van der Waals surface area contributed by atoms with E-state index in [1.807, 2.05) is 24.0 Å². The molecule has 4 nitrogen and oxygen atoms in total. The van der Waals surface area contributed by atoms with Gasteiger partial charge < -0.3 is 15.0 Å². The molecule has 0 saturated carbocycles. The number of nitrogens with zero attached hydrogens (tertiary/aromatic N) is 1. The fourth-order valence-corrected chi connectivity index (χ4v) is 2.66. The number of carbonyl (C=O) groups is 1. The van der Waals surface area contributed by atoms with Gasteiger partial charge in [-0.3, -0.25) is 4.79 Å². The summed E-state index contributed by atoms with van der Waals surface area (Å²) in [5, 5.41) is 3.42. The van der Waals surface area contributed by atoms with E-state index in [0.717, 1.165) is 38.2 Å². The number of nitrogens with one attached hydrogen (secondary N) is 1. The average Bonchev–Trinajstić information content (AvgIpc) is 3.02. The minimum absolute atomic E-state index is 0.243. The molecule has 0 aliphatic carbocycles. The molecule has 0 bridgehead atoms. The molecular formula is C17H26N2O2. The van der Waals surface area contributed by atoms with Crippen LogP contribution in [0.1, 0.15) is 44.7 Å². The predicted molar refractivity (Wildman–Crippen MR) is 84.5 cm³/mol. The smallest absolute Gasteiger partial charge is 0.223 e. The molecule has 1 N–H and O–H groups in total. The zero-order valence-corrected chi connectivity index (χ0v) is 13.1. The number of rotatable bonds is 7. The first kappa shape index (κ1) is 15.8. The van der Waals surface area contributed by atoms with Crippen LogP contribution in [0.2, 0.25) is 0 Å². The van der Waals surface area contributed by atoms with E-state index in [9.17, 15) is 4.79 Å². The number of carbonyl (C=O) groups excluding carboxylic acids is 1. The number of hydrogen-bond acceptors (Lipinski definition) is 3. The summed E-state index contributed by atoms with van der Waals surface area (Å²) in [5.74, 6) is 1.18. The highest BCUT2D eigenvalue weighted by molar-refractivity contribution is 5.76. The molecule has 0 radical (unpaired) electrons. The van der Waals surface area contributed by atoms with Crippen molar-refractivity contribution in [1.29, 1.82) is 0 Å². The molecular weight excluding hydrogens is 264 g/mol. The van der Waals surface area contributed by atoms with E-state index in [4.69, 9.17) is 4.74 Å². The van der Waals surface area contributed by atoms with Gasteiger partial charge in [0.05, 0.1) is 6.61 Å². The molecule has 1 atom stereocenters. The first-order chi connectivity index (χ1) is 10.2. The Morgan fingerprint density at radius 1 is 1.29 bits per heavy atom. The van der Waals surface area contributed by atoms with Gasteiger partial charge in [-0.2, -0.15) is 0 Å². The highest BCUT2D eigenvalue weighted by Crippen LogP contribution is 2.17. The monoisotopic (exact) mass is 290 g/mol. The van der Waals surface area contributed by atoms with Gasteiger partial charge in [0, 0.05) is 32.1 Å². The van der Waals surface area contributed by atoms with Crippen LogP contribution in [0, 0.1) is 0 Å². The standard InChI is InChI=1S/C17H26N2O2/c1-3-21-16-8-6-15(7-9-16)14(2)18-11-10-17(20)19-12-4-5-13-19/h6-9,14,18H,3-5,10-13H2,1-2H3. The second kappa shape index (κ2) is 8.03. The van der Waals surface area contributed by atoms with Crippen molar-refractivity contribution < 1.29 is 9.53 Å². The normalized spacial score (nSPS) is 16.0. The van der Waals surface area contributed by atoms with Crippen molar-refractivity contribution in [2.24, 2.45) is 0 Å². The molecule has 4 heteroatoms. The fraction of sp³-hybridized carbons (Fsp3) is 0.588. The maximum Gasteiger partial charge on any atom is 0.223 e. The summed E-state index contributed by atoms with van der Waals surface area (Å²) in [6.45, 7) is 7.39. The fourth-order valence-electron chi connectivity index (χ4n) is 2.66. The highest BCUT2D eigenvalue weighted by Gasteiger charge is 2.17. The molecule has 1 heterocycles. The summed E-state index contributed by atoms with van der Waals surface area (Å²) >= 11 is 0. The Balaban J connectivity index is 1.73. The lowest BCUT2D eigenvalue weighted by Gasteiger charge is -2.18. The van der Waals surface area contributed by atoms with Crippen LogP contribution < -0.4 is 10.1 Å². The van der Waals surface area contributed by atoms with E-state index in [1.165, 1.54) is 5.56 Å². The van der Waals surface area contributed by atoms with Crippen LogP contribution in [-0.4, -0.2) is 37.0 Å². The van der Waals surface area contributed by atoms with Crippen molar-refractivity contribution in [2.75, 3.05) is 26.2 Å². The molecule has 1 aromatic carbocycles. The topological polar surface area (TPSA) is 41.6 Å². The third kappa shape index (κ3) is 4.74. The molecule has 1 amide bonds. The SMILES string of the molecule is CCOc1ccc(C(C)NCCC(=O)N2CCCC2)cc1. The molecule has 1 fully saturated rings. The van der Waals surface area contributed by atoms with Crippen molar-refractivity contribution in [3.05, 3.63) is 29.8 Å². The molecule has 1 aliphatic rings. The zero-order valence-electron chi connectivity index (χ0n) is 13.1. The zero-order chi connectivity index (χ0) is 15.1. The summed E-state index contributed by atoms with van der Waals surface area (Å²) in [6, 6.07) is 8.38. The Labute approximate surface area is 127 Å². The van der Waals surface area contributed by atoms with Crippen LogP contribution in [0.3, 0.4) is 0 Å². The molecule has 1 aliphatic heterocycles. The lowest BCUT2D eigenvalue weighted by Crippen LogP contribution is -2.31. The van der Waals surface area contributed by atoms with Gasteiger partial charge in [-0.05, 0) is 44.4 Å². The van der Waals surface area contributed by atoms with E-state index in [0.29, 0.717) is 13.0 Å². The van der Waals surface area contributed by atoms with Crippen molar-refractivity contribution in [3.8, 4) is 5.75 Å². The Bertz CT molecular complexity index is 439. The largest absolute Gasteiger partial charge is 0.494 e. The summed E-state index contributed by atoms with van der Waals surface area (Å²) in [5.41, 5.74) is 1.21. The molecule has 0 aromatic heterocycles. The molecule has 1 saturated heterocycles. The first-order valence-electron chi connectivity index (χ1n) is 7.94. The highest BCUT2D eigenvalue weighted by atomic mass is 16.5. The van der Waals surface area contributed by atoms with Gasteiger partial charge in [0.2, 0.25) is 5.91 Å². The van der Waals surface area contributed by atoms with Crippen molar-refractivity contribution >= 4 is 5.91 Å². The Hall–Kier alpha value is -1.55. The lowest BCUT2D eigenvalue weighted by atomic mass is 10.1. The molecule has 1 aromatic rings. The Morgan fingerprint density at radius 2 is 1.95 bits per heavy atom. The van der Waals surface area contributed by atoms with E-state index in [1.54, 1.807) is 0 Å². The lowest BCUT2D eigenvalue weighted by molar-refractivity contribution is -0.130. The van der Waals surface area contributed by atoms with E-state index in [-0.39, 0.29) is 11.9 Å². The first-order valence-corrected chi connectivity index (χ1v) is 7.94. The van der Waals surface area contributed by atoms with Crippen LogP contribution in [0.15, 0.2) is 24.3 Å². The van der Waals surface area contributed by atoms with E-state index < -0.39 is 0 Å². The van der Waals surface area contributed by atoms with Gasteiger partial charge in [0.1, 0.15) is 5.75 Å².